The van der Waals surface area contributed by atoms with Crippen LogP contribution in [0.5, 0.6) is 0 Å². The molecule has 0 spiro atoms. The Balaban J connectivity index is 1.94. The van der Waals surface area contributed by atoms with E-state index in [2.05, 4.69) is 14.7 Å². The number of thiazole rings is 1. The third-order valence-electron chi connectivity index (χ3n) is 2.15. The predicted octanol–water partition coefficient (Wildman–Crippen LogP) is 1.71. The van der Waals surface area contributed by atoms with Crippen LogP contribution in [0, 0.1) is 0 Å². The summed E-state index contributed by atoms with van der Waals surface area (Å²) < 4.78 is 26.5. The van der Waals surface area contributed by atoms with Crippen molar-refractivity contribution >= 4 is 33.0 Å². The maximum atomic E-state index is 11.8. The predicted molar refractivity (Wildman–Crippen MR) is 70.3 cm³/mol. The Morgan fingerprint density at radius 2 is 2.22 bits per heavy atom. The molecule has 0 aromatic carbocycles. The first-order chi connectivity index (χ1) is 8.58. The van der Waals surface area contributed by atoms with Crippen molar-refractivity contribution in [3.05, 3.63) is 40.8 Å². The van der Waals surface area contributed by atoms with Crippen LogP contribution in [0.25, 0.3) is 0 Å². The molecule has 8 heteroatoms. The van der Waals surface area contributed by atoms with Gasteiger partial charge >= 0.3 is 0 Å². The summed E-state index contributed by atoms with van der Waals surface area (Å²) in [5.41, 5.74) is 0.975. The molecule has 18 heavy (non-hydrogen) atoms. The minimum Gasteiger partial charge on any atom is -0.264 e. The summed E-state index contributed by atoms with van der Waals surface area (Å²) in [4.78, 5) is 7.66. The number of rotatable bonds is 5. The molecule has 0 fully saturated rings. The average Bonchev–Trinajstić information content (AvgIpc) is 2.78. The summed E-state index contributed by atoms with van der Waals surface area (Å²) in [5, 5.41) is 0. The van der Waals surface area contributed by atoms with Crippen molar-refractivity contribution < 1.29 is 8.42 Å². The highest BCUT2D eigenvalue weighted by atomic mass is 35.5. The van der Waals surface area contributed by atoms with E-state index in [-0.39, 0.29) is 8.68 Å². The molecule has 0 aliphatic carbocycles. The summed E-state index contributed by atoms with van der Waals surface area (Å²) in [6.07, 6.45) is 5.21. The molecule has 2 aromatic rings. The Labute approximate surface area is 114 Å². The lowest BCUT2D eigenvalue weighted by molar-refractivity contribution is 0.583. The molecule has 0 amide bonds. The Morgan fingerprint density at radius 3 is 2.83 bits per heavy atom. The molecule has 96 valence electrons. The van der Waals surface area contributed by atoms with Gasteiger partial charge in [0.25, 0.3) is 10.0 Å². The molecular weight excluding hydrogens is 294 g/mol. The van der Waals surface area contributed by atoms with Crippen LogP contribution in [0.3, 0.4) is 0 Å². The van der Waals surface area contributed by atoms with Crippen molar-refractivity contribution in [2.24, 2.45) is 0 Å². The van der Waals surface area contributed by atoms with Gasteiger partial charge in [0.1, 0.15) is 0 Å². The second-order valence-electron chi connectivity index (χ2n) is 3.44. The molecule has 2 heterocycles. The molecule has 0 atom stereocenters. The summed E-state index contributed by atoms with van der Waals surface area (Å²) in [5.74, 6) is 0. The van der Waals surface area contributed by atoms with Crippen molar-refractivity contribution in [1.29, 1.82) is 0 Å². The Bertz CT molecular complexity index is 613. The lowest BCUT2D eigenvalue weighted by atomic mass is 10.2. The van der Waals surface area contributed by atoms with Crippen molar-refractivity contribution in [3.63, 3.8) is 0 Å². The van der Waals surface area contributed by atoms with E-state index in [0.29, 0.717) is 13.0 Å². The summed E-state index contributed by atoms with van der Waals surface area (Å²) >= 11 is 6.54. The zero-order valence-electron chi connectivity index (χ0n) is 9.21. The van der Waals surface area contributed by atoms with E-state index < -0.39 is 10.0 Å². The van der Waals surface area contributed by atoms with Crippen LogP contribution in [0.4, 0.5) is 0 Å². The summed E-state index contributed by atoms with van der Waals surface area (Å²) in [7, 11) is -3.51. The van der Waals surface area contributed by atoms with Gasteiger partial charge in [-0.2, -0.15) is 0 Å². The topological polar surface area (TPSA) is 72.0 Å². The number of hydrogen-bond donors (Lipinski definition) is 1. The maximum absolute atomic E-state index is 11.8. The third-order valence-corrected chi connectivity index (χ3v) is 5.19. The van der Waals surface area contributed by atoms with Crippen LogP contribution in [0.1, 0.15) is 5.56 Å². The summed E-state index contributed by atoms with van der Waals surface area (Å²) in [6, 6.07) is 3.71. The molecule has 0 unspecified atom stereocenters. The molecule has 0 bridgehead atoms. The molecule has 2 rings (SSSR count). The SMILES string of the molecule is O=S(=O)(NCCc1cccnc1)c1cnc(Cl)s1. The van der Waals surface area contributed by atoms with Gasteiger partial charge in [-0.1, -0.05) is 29.0 Å². The Morgan fingerprint density at radius 1 is 1.39 bits per heavy atom. The minimum atomic E-state index is -3.51. The van der Waals surface area contributed by atoms with Crippen molar-refractivity contribution in [2.75, 3.05) is 6.54 Å². The number of nitrogens with one attached hydrogen (secondary N) is 1. The minimum absolute atomic E-state index is 0.124. The van der Waals surface area contributed by atoms with E-state index in [9.17, 15) is 8.42 Å². The number of aromatic nitrogens is 2. The van der Waals surface area contributed by atoms with Gasteiger partial charge in [0.15, 0.2) is 8.68 Å². The van der Waals surface area contributed by atoms with Gasteiger partial charge in [-0.25, -0.2) is 18.1 Å². The highest BCUT2D eigenvalue weighted by Gasteiger charge is 2.16. The van der Waals surface area contributed by atoms with Gasteiger partial charge in [-0.05, 0) is 18.1 Å². The van der Waals surface area contributed by atoms with Gasteiger partial charge in [-0.15, -0.1) is 0 Å². The fraction of sp³-hybridized carbons (Fsp3) is 0.200. The maximum Gasteiger partial charge on any atom is 0.251 e. The molecule has 5 nitrogen and oxygen atoms in total. The first kappa shape index (κ1) is 13.4. The lowest BCUT2D eigenvalue weighted by Gasteiger charge is -2.03. The molecule has 2 aromatic heterocycles. The van der Waals surface area contributed by atoms with Crippen LogP contribution >= 0.6 is 22.9 Å². The number of nitrogens with zero attached hydrogens (tertiary/aromatic N) is 2. The van der Waals surface area contributed by atoms with Crippen LogP contribution in [-0.4, -0.2) is 24.9 Å². The molecule has 0 saturated carbocycles. The third kappa shape index (κ3) is 3.49. The normalized spacial score (nSPS) is 11.6. The average molecular weight is 304 g/mol. The zero-order chi connectivity index (χ0) is 13.0. The van der Waals surface area contributed by atoms with E-state index in [0.717, 1.165) is 16.9 Å². The van der Waals surface area contributed by atoms with E-state index in [1.165, 1.54) is 6.20 Å². The summed E-state index contributed by atoms with van der Waals surface area (Å²) in [6.45, 7) is 0.309. The standard InChI is InChI=1S/C10H10ClN3O2S2/c11-10-13-7-9(17-10)18(15,16)14-5-3-8-2-1-4-12-6-8/h1-2,4,6-7,14H,3,5H2. The molecule has 0 saturated heterocycles. The molecule has 0 aliphatic rings. The lowest BCUT2D eigenvalue weighted by Crippen LogP contribution is -2.25. The van der Waals surface area contributed by atoms with E-state index >= 15 is 0 Å². The monoisotopic (exact) mass is 303 g/mol. The van der Waals surface area contributed by atoms with Gasteiger partial charge in [-0.3, -0.25) is 4.98 Å². The number of hydrogen-bond acceptors (Lipinski definition) is 5. The molecule has 0 aliphatic heterocycles. The molecular formula is C10H10ClN3O2S2. The van der Waals surface area contributed by atoms with Crippen molar-refractivity contribution in [1.82, 2.24) is 14.7 Å². The first-order valence-corrected chi connectivity index (χ1v) is 7.75. The number of halogens is 1. The number of pyridine rings is 1. The second kappa shape index (κ2) is 5.75. The van der Waals surface area contributed by atoms with Gasteiger partial charge in [0.05, 0.1) is 6.20 Å². The van der Waals surface area contributed by atoms with E-state index in [1.54, 1.807) is 12.4 Å². The van der Waals surface area contributed by atoms with Gasteiger partial charge in [0, 0.05) is 18.9 Å². The number of sulfonamides is 1. The molecule has 1 N–H and O–H groups in total. The molecule has 0 radical (unpaired) electrons. The highest BCUT2D eigenvalue weighted by molar-refractivity contribution is 7.91. The largest absolute Gasteiger partial charge is 0.264 e. The first-order valence-electron chi connectivity index (χ1n) is 5.08. The van der Waals surface area contributed by atoms with Gasteiger partial charge < -0.3 is 0 Å². The van der Waals surface area contributed by atoms with Crippen LogP contribution < -0.4 is 4.72 Å². The van der Waals surface area contributed by atoms with E-state index in [1.807, 2.05) is 12.1 Å². The van der Waals surface area contributed by atoms with E-state index in [4.69, 9.17) is 11.6 Å². The highest BCUT2D eigenvalue weighted by Crippen LogP contribution is 2.21. The van der Waals surface area contributed by atoms with Crippen molar-refractivity contribution in [3.8, 4) is 0 Å². The van der Waals surface area contributed by atoms with Crippen LogP contribution in [0.15, 0.2) is 34.9 Å². The Kier molecular flexibility index (Phi) is 4.28. The van der Waals surface area contributed by atoms with Crippen LogP contribution in [-0.2, 0) is 16.4 Å². The fourth-order valence-electron chi connectivity index (χ4n) is 1.31. The second-order valence-corrected chi connectivity index (χ2v) is 7.05. The quantitative estimate of drug-likeness (QED) is 0.913. The van der Waals surface area contributed by atoms with Gasteiger partial charge in [0.2, 0.25) is 0 Å². The zero-order valence-corrected chi connectivity index (χ0v) is 11.6. The smallest absolute Gasteiger partial charge is 0.251 e. The van der Waals surface area contributed by atoms with Crippen LogP contribution in [0.2, 0.25) is 4.47 Å². The Hall–Kier alpha value is -1.02. The van der Waals surface area contributed by atoms with Crippen molar-refractivity contribution in [2.45, 2.75) is 10.6 Å². The fourth-order valence-corrected chi connectivity index (χ4v) is 3.68.